The van der Waals surface area contributed by atoms with Crippen molar-refractivity contribution in [3.8, 4) is 17.3 Å². The highest BCUT2D eigenvalue weighted by atomic mass is 35.5. The van der Waals surface area contributed by atoms with E-state index < -0.39 is 0 Å². The van der Waals surface area contributed by atoms with Gasteiger partial charge in [-0.3, -0.25) is 14.0 Å². The molecule has 0 aliphatic carbocycles. The van der Waals surface area contributed by atoms with Crippen molar-refractivity contribution < 1.29 is 5.11 Å². The number of hydrogen-bond acceptors (Lipinski definition) is 4. The van der Waals surface area contributed by atoms with Crippen LogP contribution in [0.25, 0.3) is 22.3 Å². The summed E-state index contributed by atoms with van der Waals surface area (Å²) in [5, 5.41) is 13.0. The lowest BCUT2D eigenvalue weighted by atomic mass is 10.0. The van der Waals surface area contributed by atoms with Gasteiger partial charge in [0.1, 0.15) is 5.69 Å². The fraction of sp³-hybridized carbons (Fsp3) is 0.320. The summed E-state index contributed by atoms with van der Waals surface area (Å²) in [6, 6.07) is 16.1. The molecule has 0 spiro atoms. The van der Waals surface area contributed by atoms with Crippen LogP contribution in [0.1, 0.15) is 5.56 Å². The predicted molar refractivity (Wildman–Crippen MR) is 131 cm³/mol. The summed E-state index contributed by atoms with van der Waals surface area (Å²) >= 11 is 6.14. The van der Waals surface area contributed by atoms with E-state index in [9.17, 15) is 9.90 Å². The molecular formula is C25H26ClN5O2. The molecule has 2 aliphatic rings. The van der Waals surface area contributed by atoms with E-state index in [1.807, 2.05) is 36.4 Å². The zero-order valence-electron chi connectivity index (χ0n) is 18.3. The smallest absolute Gasteiger partial charge is 0.331 e. The van der Waals surface area contributed by atoms with Gasteiger partial charge in [-0.2, -0.15) is 0 Å². The molecule has 0 atom stereocenters. The topological polar surface area (TPSA) is 69.4 Å². The second-order valence-electron chi connectivity index (χ2n) is 8.84. The number of nitrogens with zero attached hydrogens (tertiary/aromatic N) is 4. The number of piperazine rings is 1. The van der Waals surface area contributed by atoms with Crippen molar-refractivity contribution in [3.63, 3.8) is 0 Å². The van der Waals surface area contributed by atoms with Gasteiger partial charge in [0.15, 0.2) is 0 Å². The van der Waals surface area contributed by atoms with E-state index in [0.29, 0.717) is 18.8 Å². The Balaban J connectivity index is 1.19. The van der Waals surface area contributed by atoms with Gasteiger partial charge >= 0.3 is 5.69 Å². The number of fused-ring (bicyclic) bond motifs is 5. The molecule has 2 N–H and O–H groups in total. The van der Waals surface area contributed by atoms with Crippen LogP contribution in [0.4, 0.5) is 5.69 Å². The number of nitrogens with one attached hydrogen (secondary N) is 1. The Morgan fingerprint density at radius 1 is 0.970 bits per heavy atom. The first kappa shape index (κ1) is 20.4. The van der Waals surface area contributed by atoms with Crippen molar-refractivity contribution in [2.24, 2.45) is 0 Å². The molecule has 0 saturated carbocycles. The van der Waals surface area contributed by atoms with Gasteiger partial charge < -0.3 is 15.0 Å². The monoisotopic (exact) mass is 463 g/mol. The zero-order chi connectivity index (χ0) is 22.5. The summed E-state index contributed by atoms with van der Waals surface area (Å²) in [4.78, 5) is 21.2. The van der Waals surface area contributed by atoms with Crippen LogP contribution in [0.15, 0.2) is 53.3 Å². The van der Waals surface area contributed by atoms with E-state index in [1.165, 1.54) is 10.1 Å². The molecule has 7 nitrogen and oxygen atoms in total. The number of anilines is 1. The lowest BCUT2D eigenvalue weighted by molar-refractivity contribution is 0.242. The van der Waals surface area contributed by atoms with E-state index >= 15 is 0 Å². The van der Waals surface area contributed by atoms with Gasteiger partial charge in [-0.05, 0) is 36.2 Å². The highest BCUT2D eigenvalue weighted by molar-refractivity contribution is 6.30. The molecule has 2 aromatic heterocycles. The number of aromatic nitrogens is 3. The normalized spacial score (nSPS) is 16.2. The van der Waals surface area contributed by atoms with Crippen molar-refractivity contribution in [2.45, 2.75) is 19.5 Å². The average Bonchev–Trinajstić information content (AvgIpc) is 3.33. The van der Waals surface area contributed by atoms with E-state index in [0.717, 1.165) is 66.5 Å². The highest BCUT2D eigenvalue weighted by Gasteiger charge is 2.29. The second-order valence-corrected chi connectivity index (χ2v) is 9.28. The van der Waals surface area contributed by atoms with E-state index in [1.54, 1.807) is 4.57 Å². The molecule has 2 aliphatic heterocycles. The Morgan fingerprint density at radius 3 is 2.61 bits per heavy atom. The highest BCUT2D eigenvalue weighted by Crippen LogP contribution is 2.38. The lowest BCUT2D eigenvalue weighted by Crippen LogP contribution is -2.47. The minimum absolute atomic E-state index is 0.0602. The number of hydrogen-bond donors (Lipinski definition) is 2. The van der Waals surface area contributed by atoms with Gasteiger partial charge in [-0.25, -0.2) is 4.79 Å². The summed E-state index contributed by atoms with van der Waals surface area (Å²) in [7, 11) is 0. The van der Waals surface area contributed by atoms with Crippen molar-refractivity contribution in [2.75, 3.05) is 37.6 Å². The molecule has 33 heavy (non-hydrogen) atoms. The first-order valence-electron chi connectivity index (χ1n) is 11.5. The van der Waals surface area contributed by atoms with Gasteiger partial charge in [-0.1, -0.05) is 35.9 Å². The number of rotatable bonds is 4. The third kappa shape index (κ3) is 3.43. The summed E-state index contributed by atoms with van der Waals surface area (Å²) < 4.78 is 3.24. The van der Waals surface area contributed by atoms with Crippen LogP contribution in [0.3, 0.4) is 0 Å². The number of aromatic amines is 1. The molecule has 4 aromatic rings. The summed E-state index contributed by atoms with van der Waals surface area (Å²) in [6.07, 6.45) is 0.779. The maximum atomic E-state index is 13.1. The van der Waals surface area contributed by atoms with Crippen LogP contribution in [0.5, 0.6) is 5.88 Å². The molecule has 170 valence electrons. The van der Waals surface area contributed by atoms with Gasteiger partial charge in [0.05, 0.1) is 5.69 Å². The molecular weight excluding hydrogens is 438 g/mol. The molecule has 4 heterocycles. The van der Waals surface area contributed by atoms with Crippen molar-refractivity contribution in [1.29, 1.82) is 0 Å². The van der Waals surface area contributed by atoms with Crippen LogP contribution in [0, 0.1) is 0 Å². The number of aromatic hydroxyl groups is 1. The summed E-state index contributed by atoms with van der Waals surface area (Å²) in [5.41, 5.74) is 4.70. The number of H-pyrrole nitrogens is 1. The molecule has 0 amide bonds. The third-order valence-electron chi connectivity index (χ3n) is 7.02. The standard InChI is InChI=1S/C25H26ClN5O2/c26-17-4-3-5-18(16-17)29-13-10-28(11-14-29)12-15-31-24(32)23-22-20(8-9-30(23)25(31)33)19-6-1-2-7-21(19)27-22/h1-7,16,27,32H,8-15H2. The second kappa shape index (κ2) is 8.01. The van der Waals surface area contributed by atoms with E-state index in [-0.39, 0.29) is 11.6 Å². The van der Waals surface area contributed by atoms with Gasteiger partial charge in [0, 0.05) is 67.4 Å². The molecule has 0 bridgehead atoms. The van der Waals surface area contributed by atoms with Gasteiger partial charge in [0.25, 0.3) is 0 Å². The first-order chi connectivity index (χ1) is 16.1. The van der Waals surface area contributed by atoms with Gasteiger partial charge in [0.2, 0.25) is 5.88 Å². The number of benzene rings is 2. The van der Waals surface area contributed by atoms with Crippen molar-refractivity contribution in [1.82, 2.24) is 19.0 Å². The maximum Gasteiger partial charge on any atom is 0.331 e. The van der Waals surface area contributed by atoms with Crippen LogP contribution < -0.4 is 10.6 Å². The lowest BCUT2D eigenvalue weighted by Gasteiger charge is -2.36. The SMILES string of the molecule is O=c1n(CCN2CCN(c3cccc(Cl)c3)CC2)c(O)c2n1CCc1c-2[nH]c2ccccc12. The molecule has 1 saturated heterocycles. The van der Waals surface area contributed by atoms with Crippen LogP contribution >= 0.6 is 11.6 Å². The number of halogens is 1. The number of para-hydroxylation sites is 1. The Labute approximate surface area is 196 Å². The van der Waals surface area contributed by atoms with Crippen molar-refractivity contribution >= 4 is 28.2 Å². The van der Waals surface area contributed by atoms with E-state index in [2.05, 4.69) is 26.9 Å². The Bertz CT molecular complexity index is 1390. The Kier molecular flexibility index (Phi) is 4.96. The molecule has 8 heteroatoms. The average molecular weight is 464 g/mol. The Hall–Kier alpha value is -3.16. The summed E-state index contributed by atoms with van der Waals surface area (Å²) in [5.74, 6) is 0.0602. The predicted octanol–water partition coefficient (Wildman–Crippen LogP) is 3.54. The largest absolute Gasteiger partial charge is 0.493 e. The molecule has 1 fully saturated rings. The van der Waals surface area contributed by atoms with Crippen LogP contribution in [0.2, 0.25) is 5.02 Å². The fourth-order valence-electron chi connectivity index (χ4n) is 5.27. The first-order valence-corrected chi connectivity index (χ1v) is 11.8. The number of imidazole rings is 1. The van der Waals surface area contributed by atoms with E-state index in [4.69, 9.17) is 11.6 Å². The minimum Gasteiger partial charge on any atom is -0.493 e. The quantitative estimate of drug-likeness (QED) is 0.485. The third-order valence-corrected chi connectivity index (χ3v) is 7.26. The van der Waals surface area contributed by atoms with Crippen LogP contribution in [-0.2, 0) is 19.5 Å². The minimum atomic E-state index is -0.135. The van der Waals surface area contributed by atoms with Crippen LogP contribution in [-0.4, -0.2) is 56.8 Å². The Morgan fingerprint density at radius 2 is 1.79 bits per heavy atom. The molecule has 0 unspecified atom stereocenters. The van der Waals surface area contributed by atoms with Crippen molar-refractivity contribution in [3.05, 3.63) is 69.6 Å². The summed E-state index contributed by atoms with van der Waals surface area (Å²) in [6.45, 7) is 5.40. The number of aryl methyl sites for hydroxylation is 1. The zero-order valence-corrected chi connectivity index (χ0v) is 19.1. The van der Waals surface area contributed by atoms with Gasteiger partial charge in [-0.15, -0.1) is 0 Å². The molecule has 0 radical (unpaired) electrons. The fourth-order valence-corrected chi connectivity index (χ4v) is 5.45. The molecule has 2 aromatic carbocycles. The molecule has 6 rings (SSSR count). The maximum absolute atomic E-state index is 13.1.